The quantitative estimate of drug-likeness (QED) is 0.940. The normalized spacial score (nSPS) is 15.5. The summed E-state index contributed by atoms with van der Waals surface area (Å²) in [4.78, 5) is 16.8. The highest BCUT2D eigenvalue weighted by molar-refractivity contribution is 5.97. The molecule has 4 nitrogen and oxygen atoms in total. The van der Waals surface area contributed by atoms with Crippen LogP contribution >= 0.6 is 0 Å². The SMILES string of the molecule is Cc1ccc(O)c(C(=O)N2CCN(CCc3ccccc3)CC2)c1. The van der Waals surface area contributed by atoms with E-state index in [0.29, 0.717) is 18.7 Å². The van der Waals surface area contributed by atoms with Gasteiger partial charge >= 0.3 is 0 Å². The lowest BCUT2D eigenvalue weighted by atomic mass is 10.1. The van der Waals surface area contributed by atoms with Crippen LogP contribution in [0.5, 0.6) is 5.75 Å². The number of carbonyl (C=O) groups excluding carboxylic acids is 1. The second-order valence-corrected chi connectivity index (χ2v) is 6.39. The van der Waals surface area contributed by atoms with Crippen LogP contribution in [0.15, 0.2) is 48.5 Å². The number of phenolic OH excluding ortho intramolecular Hbond substituents is 1. The summed E-state index contributed by atoms with van der Waals surface area (Å²) in [5, 5.41) is 9.94. The predicted octanol–water partition coefficient (Wildman–Crippen LogP) is 2.70. The fourth-order valence-electron chi connectivity index (χ4n) is 3.10. The largest absolute Gasteiger partial charge is 0.507 e. The molecule has 0 aromatic heterocycles. The first-order valence-electron chi connectivity index (χ1n) is 8.48. The fourth-order valence-corrected chi connectivity index (χ4v) is 3.10. The van der Waals surface area contributed by atoms with Crippen LogP contribution in [0.25, 0.3) is 0 Å². The lowest BCUT2D eigenvalue weighted by Crippen LogP contribution is -2.49. The molecule has 0 unspecified atom stereocenters. The fraction of sp³-hybridized carbons (Fsp3) is 0.350. The number of rotatable bonds is 4. The number of carbonyl (C=O) groups is 1. The van der Waals surface area contributed by atoms with E-state index in [9.17, 15) is 9.90 Å². The van der Waals surface area contributed by atoms with Gasteiger partial charge in [-0.15, -0.1) is 0 Å². The van der Waals surface area contributed by atoms with Gasteiger partial charge in [-0.05, 0) is 31.0 Å². The molecular weight excluding hydrogens is 300 g/mol. The number of hydrogen-bond acceptors (Lipinski definition) is 3. The minimum atomic E-state index is -0.0705. The number of amides is 1. The van der Waals surface area contributed by atoms with E-state index >= 15 is 0 Å². The summed E-state index contributed by atoms with van der Waals surface area (Å²) in [6.07, 6.45) is 1.04. The molecule has 0 atom stereocenters. The van der Waals surface area contributed by atoms with Gasteiger partial charge in [0.15, 0.2) is 0 Å². The van der Waals surface area contributed by atoms with Gasteiger partial charge in [-0.1, -0.05) is 42.0 Å². The minimum absolute atomic E-state index is 0.0668. The maximum absolute atomic E-state index is 12.6. The third-order valence-corrected chi connectivity index (χ3v) is 4.60. The van der Waals surface area contributed by atoms with Gasteiger partial charge in [0.25, 0.3) is 5.91 Å². The van der Waals surface area contributed by atoms with E-state index in [1.807, 2.05) is 24.0 Å². The van der Waals surface area contributed by atoms with Gasteiger partial charge in [0.1, 0.15) is 5.75 Å². The summed E-state index contributed by atoms with van der Waals surface area (Å²) >= 11 is 0. The Morgan fingerprint density at radius 2 is 1.75 bits per heavy atom. The van der Waals surface area contributed by atoms with Gasteiger partial charge in [0.2, 0.25) is 0 Å². The molecule has 126 valence electrons. The van der Waals surface area contributed by atoms with Crippen molar-refractivity contribution in [1.29, 1.82) is 0 Å². The molecule has 1 amide bonds. The number of nitrogens with zero attached hydrogens (tertiary/aromatic N) is 2. The average Bonchev–Trinajstić information content (AvgIpc) is 2.63. The van der Waals surface area contributed by atoms with E-state index in [1.54, 1.807) is 12.1 Å². The number of aryl methyl sites for hydroxylation is 1. The van der Waals surface area contributed by atoms with Crippen molar-refractivity contribution in [1.82, 2.24) is 9.80 Å². The van der Waals surface area contributed by atoms with Crippen molar-refractivity contribution in [2.75, 3.05) is 32.7 Å². The summed E-state index contributed by atoms with van der Waals surface area (Å²) in [5.74, 6) is -0.00369. The molecule has 1 saturated heterocycles. The Hall–Kier alpha value is -2.33. The Labute approximate surface area is 143 Å². The number of phenols is 1. The number of benzene rings is 2. The molecule has 1 aliphatic heterocycles. The summed E-state index contributed by atoms with van der Waals surface area (Å²) in [6.45, 7) is 6.12. The summed E-state index contributed by atoms with van der Waals surface area (Å²) in [6, 6.07) is 15.7. The Morgan fingerprint density at radius 1 is 1.04 bits per heavy atom. The Bertz CT molecular complexity index is 692. The van der Waals surface area contributed by atoms with Crippen molar-refractivity contribution in [3.63, 3.8) is 0 Å². The van der Waals surface area contributed by atoms with Crippen LogP contribution in [0.1, 0.15) is 21.5 Å². The van der Waals surface area contributed by atoms with Crippen LogP contribution < -0.4 is 0 Å². The van der Waals surface area contributed by atoms with Crippen LogP contribution in [-0.4, -0.2) is 53.5 Å². The lowest BCUT2D eigenvalue weighted by Gasteiger charge is -2.35. The van der Waals surface area contributed by atoms with Crippen molar-refractivity contribution >= 4 is 5.91 Å². The third kappa shape index (κ3) is 3.95. The highest BCUT2D eigenvalue weighted by Gasteiger charge is 2.23. The van der Waals surface area contributed by atoms with Crippen molar-refractivity contribution in [2.24, 2.45) is 0 Å². The zero-order valence-electron chi connectivity index (χ0n) is 14.1. The molecule has 1 fully saturated rings. The van der Waals surface area contributed by atoms with Crippen LogP contribution in [0.4, 0.5) is 0 Å². The smallest absolute Gasteiger partial charge is 0.257 e. The monoisotopic (exact) mass is 324 g/mol. The molecule has 2 aromatic carbocycles. The highest BCUT2D eigenvalue weighted by atomic mass is 16.3. The second-order valence-electron chi connectivity index (χ2n) is 6.39. The average molecular weight is 324 g/mol. The molecular formula is C20H24N2O2. The maximum Gasteiger partial charge on any atom is 0.257 e. The van der Waals surface area contributed by atoms with Gasteiger partial charge in [0.05, 0.1) is 5.56 Å². The Balaban J connectivity index is 1.53. The standard InChI is InChI=1S/C20H24N2O2/c1-16-7-8-19(23)18(15-16)20(24)22-13-11-21(12-14-22)10-9-17-5-3-2-4-6-17/h2-8,15,23H,9-14H2,1H3. The first kappa shape index (κ1) is 16.5. The van der Waals surface area contributed by atoms with E-state index in [4.69, 9.17) is 0 Å². The van der Waals surface area contributed by atoms with Crippen LogP contribution in [0.3, 0.4) is 0 Å². The van der Waals surface area contributed by atoms with Crippen molar-refractivity contribution in [3.8, 4) is 5.75 Å². The summed E-state index contributed by atoms with van der Waals surface area (Å²) < 4.78 is 0. The third-order valence-electron chi connectivity index (χ3n) is 4.60. The molecule has 0 spiro atoms. The molecule has 0 aliphatic carbocycles. The lowest BCUT2D eigenvalue weighted by molar-refractivity contribution is 0.0635. The molecule has 3 rings (SSSR count). The van der Waals surface area contributed by atoms with E-state index in [-0.39, 0.29) is 11.7 Å². The topological polar surface area (TPSA) is 43.8 Å². The van der Waals surface area contributed by atoms with Gasteiger partial charge in [0, 0.05) is 32.7 Å². The van der Waals surface area contributed by atoms with E-state index < -0.39 is 0 Å². The van der Waals surface area contributed by atoms with Gasteiger partial charge in [-0.25, -0.2) is 0 Å². The predicted molar refractivity (Wildman–Crippen MR) is 95.3 cm³/mol. The van der Waals surface area contributed by atoms with Crippen molar-refractivity contribution < 1.29 is 9.90 Å². The summed E-state index contributed by atoms with van der Waals surface area (Å²) in [7, 11) is 0. The van der Waals surface area contributed by atoms with Crippen LogP contribution in [0, 0.1) is 6.92 Å². The molecule has 4 heteroatoms. The van der Waals surface area contributed by atoms with E-state index in [0.717, 1.165) is 31.6 Å². The molecule has 1 aliphatic rings. The first-order valence-corrected chi connectivity index (χ1v) is 8.48. The molecule has 2 aromatic rings. The van der Waals surface area contributed by atoms with Gasteiger partial charge < -0.3 is 10.0 Å². The Kier molecular flexibility index (Phi) is 5.16. The number of hydrogen-bond donors (Lipinski definition) is 1. The Morgan fingerprint density at radius 3 is 2.46 bits per heavy atom. The highest BCUT2D eigenvalue weighted by Crippen LogP contribution is 2.21. The number of piperazine rings is 1. The van der Waals surface area contributed by atoms with Gasteiger partial charge in [-0.3, -0.25) is 9.69 Å². The van der Waals surface area contributed by atoms with E-state index in [1.165, 1.54) is 5.56 Å². The van der Waals surface area contributed by atoms with E-state index in [2.05, 4.69) is 29.2 Å². The van der Waals surface area contributed by atoms with Crippen molar-refractivity contribution in [2.45, 2.75) is 13.3 Å². The molecule has 0 bridgehead atoms. The zero-order chi connectivity index (χ0) is 16.9. The van der Waals surface area contributed by atoms with Gasteiger partial charge in [-0.2, -0.15) is 0 Å². The minimum Gasteiger partial charge on any atom is -0.507 e. The van der Waals surface area contributed by atoms with Crippen molar-refractivity contribution in [3.05, 3.63) is 65.2 Å². The maximum atomic E-state index is 12.6. The summed E-state index contributed by atoms with van der Waals surface area (Å²) in [5.41, 5.74) is 2.74. The molecule has 24 heavy (non-hydrogen) atoms. The second kappa shape index (κ2) is 7.49. The first-order chi connectivity index (χ1) is 11.6. The molecule has 1 N–H and O–H groups in total. The van der Waals surface area contributed by atoms with Crippen LogP contribution in [0.2, 0.25) is 0 Å². The zero-order valence-corrected chi connectivity index (χ0v) is 14.1. The number of aromatic hydroxyl groups is 1. The molecule has 0 radical (unpaired) electrons. The molecule has 0 saturated carbocycles. The molecule has 1 heterocycles. The van der Waals surface area contributed by atoms with Crippen LogP contribution in [-0.2, 0) is 6.42 Å².